The first-order valence-corrected chi connectivity index (χ1v) is 2.90. The van der Waals surface area contributed by atoms with Crippen molar-refractivity contribution < 1.29 is 5.11 Å². The second-order valence-electron chi connectivity index (χ2n) is 2.49. The van der Waals surface area contributed by atoms with Gasteiger partial charge in [0.05, 0.1) is 0 Å². The van der Waals surface area contributed by atoms with Crippen LogP contribution in [0.15, 0.2) is 0 Å². The van der Waals surface area contributed by atoms with Crippen molar-refractivity contribution in [1.82, 2.24) is 0 Å². The number of hydrogen-bond donors (Lipinski definition) is 1. The lowest BCUT2D eigenvalue weighted by Crippen LogP contribution is -2.05. The molecule has 1 rings (SSSR count). The molecule has 1 aliphatic rings. The zero-order chi connectivity index (χ0) is 6.15. The molecule has 3 atom stereocenters. The Bertz CT molecular complexity index is 123. The molecule has 3 unspecified atom stereocenters. The first kappa shape index (κ1) is 5.65. The van der Waals surface area contributed by atoms with Crippen LogP contribution in [0.1, 0.15) is 13.3 Å². The highest BCUT2D eigenvalue weighted by Crippen LogP contribution is 2.40. The van der Waals surface area contributed by atoms with Crippen LogP contribution in [0.25, 0.3) is 0 Å². The lowest BCUT2D eigenvalue weighted by Gasteiger charge is -1.96. The normalized spacial score (nSPS) is 38.1. The van der Waals surface area contributed by atoms with Crippen LogP contribution in [-0.4, -0.2) is 11.2 Å². The lowest BCUT2D eigenvalue weighted by atomic mass is 10.2. The fraction of sp³-hybridized carbons (Fsp3) is 0.714. The predicted molar refractivity (Wildman–Crippen MR) is 32.1 cm³/mol. The van der Waals surface area contributed by atoms with Crippen molar-refractivity contribution >= 4 is 0 Å². The van der Waals surface area contributed by atoms with Crippen LogP contribution in [0.5, 0.6) is 0 Å². The van der Waals surface area contributed by atoms with E-state index in [1.807, 2.05) is 0 Å². The third-order valence-electron chi connectivity index (χ3n) is 1.75. The Morgan fingerprint density at radius 1 is 1.88 bits per heavy atom. The van der Waals surface area contributed by atoms with Gasteiger partial charge in [-0.1, -0.05) is 12.8 Å². The summed E-state index contributed by atoms with van der Waals surface area (Å²) in [6, 6.07) is 0. The summed E-state index contributed by atoms with van der Waals surface area (Å²) in [7, 11) is 0. The van der Waals surface area contributed by atoms with Crippen LogP contribution >= 0.6 is 0 Å². The Hall–Kier alpha value is -0.480. The van der Waals surface area contributed by atoms with Gasteiger partial charge in [-0.3, -0.25) is 0 Å². The Labute approximate surface area is 49.7 Å². The Balaban J connectivity index is 2.31. The molecule has 0 aliphatic heterocycles. The molecule has 0 aromatic rings. The first-order chi connectivity index (χ1) is 3.75. The van der Waals surface area contributed by atoms with Crippen molar-refractivity contribution in [3.05, 3.63) is 0 Å². The molecule has 1 saturated carbocycles. The topological polar surface area (TPSA) is 20.2 Å². The van der Waals surface area contributed by atoms with E-state index in [9.17, 15) is 0 Å². The van der Waals surface area contributed by atoms with Gasteiger partial charge in [0.25, 0.3) is 0 Å². The average molecular weight is 110 g/mol. The van der Waals surface area contributed by atoms with E-state index in [4.69, 9.17) is 11.5 Å². The number of rotatable bonds is 1. The van der Waals surface area contributed by atoms with Crippen molar-refractivity contribution in [3.63, 3.8) is 0 Å². The van der Waals surface area contributed by atoms with Crippen molar-refractivity contribution in [3.8, 4) is 12.3 Å². The monoisotopic (exact) mass is 110 g/mol. The molecule has 0 aromatic carbocycles. The molecule has 0 heterocycles. The minimum absolute atomic E-state index is 0.403. The molecule has 0 bridgehead atoms. The van der Waals surface area contributed by atoms with Gasteiger partial charge in [0.1, 0.15) is 6.10 Å². The second-order valence-corrected chi connectivity index (χ2v) is 2.49. The summed E-state index contributed by atoms with van der Waals surface area (Å²) in [4.78, 5) is 0. The van der Waals surface area contributed by atoms with Gasteiger partial charge in [-0.05, 0) is 18.3 Å². The van der Waals surface area contributed by atoms with E-state index in [1.54, 1.807) is 0 Å². The maximum Gasteiger partial charge on any atom is 0.117 e. The van der Waals surface area contributed by atoms with Gasteiger partial charge in [-0.15, -0.1) is 6.42 Å². The highest BCUT2D eigenvalue weighted by molar-refractivity contribution is 5.03. The van der Waals surface area contributed by atoms with Gasteiger partial charge in [-0.25, -0.2) is 0 Å². The summed E-state index contributed by atoms with van der Waals surface area (Å²) in [6.07, 6.45) is 5.60. The third kappa shape index (κ3) is 0.850. The maximum atomic E-state index is 8.93. The van der Waals surface area contributed by atoms with E-state index < -0.39 is 6.10 Å². The predicted octanol–water partition coefficient (Wildman–Crippen LogP) is 0.637. The van der Waals surface area contributed by atoms with E-state index in [-0.39, 0.29) is 0 Å². The standard InChI is InChI=1S/C7H10O/c1-3-7(8)6-4-5(6)2/h1,5-8H,4H2,2H3. The molecule has 8 heavy (non-hydrogen) atoms. The van der Waals surface area contributed by atoms with Crippen molar-refractivity contribution in [2.45, 2.75) is 19.4 Å². The number of aliphatic hydroxyl groups excluding tert-OH is 1. The molecule has 44 valence electrons. The molecular formula is C7H10O. The van der Waals surface area contributed by atoms with E-state index in [1.165, 1.54) is 0 Å². The van der Waals surface area contributed by atoms with Crippen LogP contribution in [0.3, 0.4) is 0 Å². The van der Waals surface area contributed by atoms with Crippen LogP contribution < -0.4 is 0 Å². The third-order valence-corrected chi connectivity index (χ3v) is 1.75. The smallest absolute Gasteiger partial charge is 0.117 e. The molecule has 1 heteroatoms. The second kappa shape index (κ2) is 1.80. The maximum absolute atomic E-state index is 8.93. The molecule has 1 N–H and O–H groups in total. The van der Waals surface area contributed by atoms with Gasteiger partial charge in [-0.2, -0.15) is 0 Å². The van der Waals surface area contributed by atoms with E-state index in [0.717, 1.165) is 6.42 Å². The minimum Gasteiger partial charge on any atom is -0.380 e. The lowest BCUT2D eigenvalue weighted by molar-refractivity contribution is 0.203. The van der Waals surface area contributed by atoms with Crippen LogP contribution in [-0.2, 0) is 0 Å². The first-order valence-electron chi connectivity index (χ1n) is 2.90. The van der Waals surface area contributed by atoms with Gasteiger partial charge in [0.2, 0.25) is 0 Å². The van der Waals surface area contributed by atoms with E-state index in [2.05, 4.69) is 12.8 Å². The summed E-state index contributed by atoms with van der Waals surface area (Å²) in [5.41, 5.74) is 0. The van der Waals surface area contributed by atoms with Gasteiger partial charge >= 0.3 is 0 Å². The van der Waals surface area contributed by atoms with Gasteiger partial charge < -0.3 is 5.11 Å². The van der Waals surface area contributed by atoms with Crippen molar-refractivity contribution in [1.29, 1.82) is 0 Å². The zero-order valence-electron chi connectivity index (χ0n) is 4.96. The molecule has 0 spiro atoms. The van der Waals surface area contributed by atoms with E-state index >= 15 is 0 Å². The fourth-order valence-electron chi connectivity index (χ4n) is 0.914. The van der Waals surface area contributed by atoms with Crippen LogP contribution in [0.4, 0.5) is 0 Å². The summed E-state index contributed by atoms with van der Waals surface area (Å²) in [5.74, 6) is 3.37. The molecule has 1 nitrogen and oxygen atoms in total. The summed E-state index contributed by atoms with van der Waals surface area (Å²) < 4.78 is 0. The number of terminal acetylenes is 1. The van der Waals surface area contributed by atoms with Crippen molar-refractivity contribution in [2.75, 3.05) is 0 Å². The molecule has 1 fully saturated rings. The molecule has 0 amide bonds. The molecule has 0 aromatic heterocycles. The van der Waals surface area contributed by atoms with E-state index in [0.29, 0.717) is 11.8 Å². The molecule has 0 saturated heterocycles. The van der Waals surface area contributed by atoms with Crippen LogP contribution in [0.2, 0.25) is 0 Å². The Morgan fingerprint density at radius 3 is 2.50 bits per heavy atom. The average Bonchev–Trinajstić information content (AvgIpc) is 2.45. The largest absolute Gasteiger partial charge is 0.380 e. The summed E-state index contributed by atoms with van der Waals surface area (Å²) in [6.45, 7) is 2.10. The summed E-state index contributed by atoms with van der Waals surface area (Å²) >= 11 is 0. The number of hydrogen-bond acceptors (Lipinski definition) is 1. The summed E-state index contributed by atoms with van der Waals surface area (Å²) in [5, 5.41) is 8.93. The highest BCUT2D eigenvalue weighted by atomic mass is 16.3. The molecular weight excluding hydrogens is 100 g/mol. The SMILES string of the molecule is C#CC(O)C1CC1C. The van der Waals surface area contributed by atoms with Crippen molar-refractivity contribution in [2.24, 2.45) is 11.8 Å². The zero-order valence-corrected chi connectivity index (χ0v) is 4.96. The highest BCUT2D eigenvalue weighted by Gasteiger charge is 2.37. The Kier molecular flexibility index (Phi) is 1.27. The quantitative estimate of drug-likeness (QED) is 0.491. The Morgan fingerprint density at radius 2 is 2.38 bits per heavy atom. The van der Waals surface area contributed by atoms with Gasteiger partial charge in [0, 0.05) is 0 Å². The van der Waals surface area contributed by atoms with Crippen LogP contribution in [0, 0.1) is 24.2 Å². The van der Waals surface area contributed by atoms with Gasteiger partial charge in [0.15, 0.2) is 0 Å². The number of aliphatic hydroxyl groups is 1. The molecule has 1 aliphatic carbocycles. The molecule has 0 radical (unpaired) electrons. The fourth-order valence-corrected chi connectivity index (χ4v) is 0.914. The minimum atomic E-state index is -0.481.